The van der Waals surface area contributed by atoms with E-state index in [1.165, 1.54) is 16.7 Å². The van der Waals surface area contributed by atoms with Gasteiger partial charge in [0.1, 0.15) is 4.75 Å². The molecule has 1 aliphatic carbocycles. The molecule has 0 aromatic heterocycles. The van der Waals surface area contributed by atoms with Gasteiger partial charge in [-0.25, -0.2) is 0 Å². The van der Waals surface area contributed by atoms with Crippen LogP contribution in [-0.2, 0) is 38.6 Å². The summed E-state index contributed by atoms with van der Waals surface area (Å²) >= 11 is 2.53. The molecule has 1 saturated heterocycles. The van der Waals surface area contributed by atoms with E-state index in [-0.39, 0.29) is 22.7 Å². The predicted molar refractivity (Wildman–Crippen MR) is 118 cm³/mol. The van der Waals surface area contributed by atoms with Crippen molar-refractivity contribution >= 4 is 27.3 Å². The Kier molecular flexibility index (Phi) is 6.67. The molecular formula is C22H32BrNO4S. The highest BCUT2D eigenvalue weighted by Crippen LogP contribution is 2.48. The number of halogens is 1. The summed E-state index contributed by atoms with van der Waals surface area (Å²) in [7, 11) is 0. The Morgan fingerprint density at radius 2 is 2.00 bits per heavy atom. The summed E-state index contributed by atoms with van der Waals surface area (Å²) in [6, 6.07) is 4.34. The van der Waals surface area contributed by atoms with Crippen molar-refractivity contribution in [3.05, 3.63) is 33.3 Å². The molecule has 2 aliphatic heterocycles. The van der Waals surface area contributed by atoms with E-state index in [9.17, 15) is 4.55 Å². The first-order valence-corrected chi connectivity index (χ1v) is 12.6. The Labute approximate surface area is 185 Å². The van der Waals surface area contributed by atoms with E-state index >= 15 is 0 Å². The van der Waals surface area contributed by atoms with Crippen LogP contribution in [0, 0.1) is 0 Å². The van der Waals surface area contributed by atoms with Crippen molar-refractivity contribution in [1.29, 1.82) is 0 Å². The van der Waals surface area contributed by atoms with Crippen LogP contribution in [0.25, 0.3) is 0 Å². The minimum Gasteiger partial charge on any atom is -0.598 e. The third kappa shape index (κ3) is 5.37. The SMILES string of the molecule is CC(C)(C)[S+]([O-])NC(CCC1OCCCO1)c1cc(Br)cc2c1COC1(CC1)C2. The van der Waals surface area contributed by atoms with Gasteiger partial charge < -0.3 is 18.8 Å². The van der Waals surface area contributed by atoms with Crippen molar-refractivity contribution in [3.8, 4) is 0 Å². The Balaban J connectivity index is 1.58. The van der Waals surface area contributed by atoms with Gasteiger partial charge in [0.2, 0.25) is 0 Å². The summed E-state index contributed by atoms with van der Waals surface area (Å²) in [5.74, 6) is 0. The van der Waals surface area contributed by atoms with Crippen LogP contribution in [0.15, 0.2) is 16.6 Å². The summed E-state index contributed by atoms with van der Waals surface area (Å²) < 4.78 is 34.8. The van der Waals surface area contributed by atoms with Crippen LogP contribution in [0.1, 0.15) is 75.6 Å². The van der Waals surface area contributed by atoms with Gasteiger partial charge >= 0.3 is 0 Å². The Morgan fingerprint density at radius 3 is 2.66 bits per heavy atom. The maximum atomic E-state index is 13.0. The minimum atomic E-state index is -1.17. The standard InChI is InChI=1S/C22H32BrNO4S/c1-21(2,3)29(25)24-19(5-6-20-26-9-4-10-27-20)17-12-16(23)11-15-13-22(7-8-22)28-14-18(15)17/h11-12,19-20,24H,4-10,13-14H2,1-3H3. The molecule has 3 aliphatic rings. The zero-order valence-electron chi connectivity index (χ0n) is 17.6. The van der Waals surface area contributed by atoms with Crippen LogP contribution in [0.3, 0.4) is 0 Å². The average molecular weight is 486 g/mol. The van der Waals surface area contributed by atoms with Crippen LogP contribution in [0.5, 0.6) is 0 Å². The molecule has 0 radical (unpaired) electrons. The van der Waals surface area contributed by atoms with Crippen molar-refractivity contribution in [2.45, 2.75) is 88.6 Å². The summed E-state index contributed by atoms with van der Waals surface area (Å²) in [4.78, 5) is 0. The van der Waals surface area contributed by atoms with Gasteiger partial charge in [-0.05, 0) is 75.3 Å². The maximum absolute atomic E-state index is 13.0. The summed E-state index contributed by atoms with van der Waals surface area (Å²) in [5.41, 5.74) is 3.86. The van der Waals surface area contributed by atoms with Crippen molar-refractivity contribution < 1.29 is 18.8 Å². The predicted octanol–water partition coefficient (Wildman–Crippen LogP) is 4.69. The number of rotatable bonds is 6. The zero-order valence-corrected chi connectivity index (χ0v) is 20.0. The fourth-order valence-corrected chi connectivity index (χ4v) is 5.41. The molecule has 1 aromatic rings. The van der Waals surface area contributed by atoms with Gasteiger partial charge in [0.05, 0.1) is 31.5 Å². The van der Waals surface area contributed by atoms with Gasteiger partial charge in [-0.15, -0.1) is 4.72 Å². The van der Waals surface area contributed by atoms with Crippen molar-refractivity contribution in [3.63, 3.8) is 0 Å². The van der Waals surface area contributed by atoms with Gasteiger partial charge in [0.25, 0.3) is 0 Å². The first-order chi connectivity index (χ1) is 13.8. The van der Waals surface area contributed by atoms with E-state index < -0.39 is 11.4 Å². The van der Waals surface area contributed by atoms with Gasteiger partial charge in [-0.2, -0.15) is 0 Å². The number of nitrogens with one attached hydrogen (secondary N) is 1. The quantitative estimate of drug-likeness (QED) is 0.592. The molecule has 2 heterocycles. The molecule has 2 fully saturated rings. The minimum absolute atomic E-state index is 0.0488. The van der Waals surface area contributed by atoms with E-state index in [2.05, 4.69) is 32.8 Å². The largest absolute Gasteiger partial charge is 0.598 e. The Hall–Kier alpha value is -0.150. The lowest BCUT2D eigenvalue weighted by Crippen LogP contribution is -2.42. The summed E-state index contributed by atoms with van der Waals surface area (Å²) in [6.07, 6.45) is 5.61. The van der Waals surface area contributed by atoms with Crippen molar-refractivity contribution in [2.24, 2.45) is 0 Å². The molecule has 29 heavy (non-hydrogen) atoms. The van der Waals surface area contributed by atoms with E-state index in [0.717, 1.165) is 56.2 Å². The van der Waals surface area contributed by atoms with Gasteiger partial charge in [0, 0.05) is 28.7 Å². The highest BCUT2D eigenvalue weighted by atomic mass is 79.9. The molecular weight excluding hydrogens is 454 g/mol. The van der Waals surface area contributed by atoms with Gasteiger partial charge in [-0.3, -0.25) is 0 Å². The monoisotopic (exact) mass is 485 g/mol. The van der Waals surface area contributed by atoms with Gasteiger partial charge in [-0.1, -0.05) is 15.9 Å². The summed E-state index contributed by atoms with van der Waals surface area (Å²) in [5, 5.41) is 0. The number of ether oxygens (including phenoxy) is 3. The number of hydrogen-bond acceptors (Lipinski definition) is 5. The second-order valence-electron chi connectivity index (χ2n) is 9.43. The number of hydrogen-bond donors (Lipinski definition) is 1. The Morgan fingerprint density at radius 1 is 1.28 bits per heavy atom. The molecule has 162 valence electrons. The second kappa shape index (κ2) is 8.77. The third-order valence-corrected chi connectivity index (χ3v) is 8.02. The molecule has 1 aromatic carbocycles. The van der Waals surface area contributed by atoms with Crippen LogP contribution in [0.4, 0.5) is 0 Å². The zero-order chi connectivity index (χ0) is 20.6. The fourth-order valence-electron chi connectivity index (χ4n) is 4.03. The lowest BCUT2D eigenvalue weighted by atomic mass is 9.89. The summed E-state index contributed by atoms with van der Waals surface area (Å²) in [6.45, 7) is 8.12. The van der Waals surface area contributed by atoms with Crippen LogP contribution >= 0.6 is 15.9 Å². The normalized spacial score (nSPS) is 23.6. The molecule has 2 atom stereocenters. The molecule has 0 bridgehead atoms. The molecule has 7 heteroatoms. The van der Waals surface area contributed by atoms with E-state index in [1.54, 1.807) is 0 Å². The van der Waals surface area contributed by atoms with Crippen molar-refractivity contribution in [1.82, 2.24) is 4.72 Å². The average Bonchev–Trinajstić information content (AvgIpc) is 3.42. The lowest BCUT2D eigenvalue weighted by molar-refractivity contribution is -0.182. The van der Waals surface area contributed by atoms with Crippen molar-refractivity contribution in [2.75, 3.05) is 13.2 Å². The molecule has 1 N–H and O–H groups in total. The van der Waals surface area contributed by atoms with Crippen LogP contribution in [-0.4, -0.2) is 34.4 Å². The number of fused-ring (bicyclic) bond motifs is 1. The lowest BCUT2D eigenvalue weighted by Gasteiger charge is -2.33. The first-order valence-electron chi connectivity index (χ1n) is 10.6. The van der Waals surface area contributed by atoms with Gasteiger partial charge in [0.15, 0.2) is 6.29 Å². The highest BCUT2D eigenvalue weighted by Gasteiger charge is 2.47. The first kappa shape index (κ1) is 22.1. The van der Waals surface area contributed by atoms with Crippen LogP contribution in [0.2, 0.25) is 0 Å². The maximum Gasteiger partial charge on any atom is 0.157 e. The van der Waals surface area contributed by atoms with E-state index in [1.807, 2.05) is 20.8 Å². The molecule has 4 rings (SSSR count). The number of benzene rings is 1. The van der Waals surface area contributed by atoms with E-state index in [4.69, 9.17) is 14.2 Å². The molecule has 1 saturated carbocycles. The highest BCUT2D eigenvalue weighted by molar-refractivity contribution is 9.10. The topological polar surface area (TPSA) is 62.8 Å². The fraction of sp³-hybridized carbons (Fsp3) is 0.727. The molecule has 5 nitrogen and oxygen atoms in total. The molecule has 0 amide bonds. The Bertz CT molecular complexity index is 728. The second-order valence-corrected chi connectivity index (χ2v) is 12.3. The third-order valence-electron chi connectivity index (χ3n) is 5.95. The smallest absolute Gasteiger partial charge is 0.157 e. The van der Waals surface area contributed by atoms with E-state index in [0.29, 0.717) is 6.61 Å². The molecule has 1 spiro atoms. The van der Waals surface area contributed by atoms with Crippen LogP contribution < -0.4 is 4.72 Å². The molecule has 2 unspecified atom stereocenters.